The molecule has 0 bridgehead atoms. The first-order valence-electron chi connectivity index (χ1n) is 7.28. The van der Waals surface area contributed by atoms with Crippen molar-refractivity contribution in [2.45, 2.75) is 38.3 Å². The Morgan fingerprint density at radius 1 is 1.11 bits per heavy atom. The monoisotopic (exact) mass is 245 g/mol. The predicted molar refractivity (Wildman–Crippen MR) is 73.3 cm³/mol. The van der Waals surface area contributed by atoms with E-state index in [1.807, 2.05) is 12.3 Å². The van der Waals surface area contributed by atoms with Gasteiger partial charge in [-0.05, 0) is 57.5 Å². The molecule has 3 heteroatoms. The second-order valence-corrected chi connectivity index (χ2v) is 5.60. The summed E-state index contributed by atoms with van der Waals surface area (Å²) in [6.45, 7) is 6.13. The number of likely N-dealkylation sites (tertiary alicyclic amines) is 2. The highest BCUT2D eigenvalue weighted by molar-refractivity contribution is 5.03. The van der Waals surface area contributed by atoms with Crippen LogP contribution in [0.3, 0.4) is 0 Å². The van der Waals surface area contributed by atoms with Gasteiger partial charge in [-0.3, -0.25) is 14.8 Å². The minimum atomic E-state index is 0.796. The molecule has 2 saturated heterocycles. The summed E-state index contributed by atoms with van der Waals surface area (Å²) >= 11 is 0. The number of piperidine rings is 1. The normalized spacial score (nSPS) is 26.6. The standard InChI is InChI=1S/C15H23N3/c1-2-8-16-14(6-1)12-17-9-5-7-15(13-17)18-10-3-4-11-18/h1-2,6,8,15H,3-5,7,9-13H2. The van der Waals surface area contributed by atoms with Crippen molar-refractivity contribution in [3.63, 3.8) is 0 Å². The van der Waals surface area contributed by atoms with Crippen LogP contribution in [0.1, 0.15) is 31.4 Å². The molecule has 0 amide bonds. The SMILES string of the molecule is c1ccc(CN2CCCC(N3CCCC3)C2)nc1. The Hall–Kier alpha value is -0.930. The molecule has 0 spiro atoms. The van der Waals surface area contributed by atoms with E-state index in [0.717, 1.165) is 12.6 Å². The molecule has 2 aliphatic rings. The molecule has 0 aliphatic carbocycles. The molecular weight excluding hydrogens is 222 g/mol. The molecule has 3 rings (SSSR count). The van der Waals surface area contributed by atoms with Gasteiger partial charge < -0.3 is 0 Å². The molecule has 1 unspecified atom stereocenters. The van der Waals surface area contributed by atoms with E-state index in [0.29, 0.717) is 0 Å². The molecule has 98 valence electrons. The van der Waals surface area contributed by atoms with Crippen molar-refractivity contribution in [1.29, 1.82) is 0 Å². The third kappa shape index (κ3) is 2.90. The second kappa shape index (κ2) is 5.81. The predicted octanol–water partition coefficient (Wildman–Crippen LogP) is 2.14. The molecule has 1 aromatic rings. The van der Waals surface area contributed by atoms with E-state index in [2.05, 4.69) is 26.9 Å². The molecule has 0 radical (unpaired) electrons. The van der Waals surface area contributed by atoms with Crippen molar-refractivity contribution in [3.8, 4) is 0 Å². The van der Waals surface area contributed by atoms with Crippen LogP contribution in [0.2, 0.25) is 0 Å². The zero-order valence-electron chi connectivity index (χ0n) is 11.1. The summed E-state index contributed by atoms with van der Waals surface area (Å²) in [7, 11) is 0. The van der Waals surface area contributed by atoms with E-state index < -0.39 is 0 Å². The molecular formula is C15H23N3. The highest BCUT2D eigenvalue weighted by Gasteiger charge is 2.26. The average molecular weight is 245 g/mol. The molecule has 2 fully saturated rings. The maximum absolute atomic E-state index is 4.44. The summed E-state index contributed by atoms with van der Waals surface area (Å²) in [6.07, 6.45) is 7.43. The Labute approximate surface area is 110 Å². The molecule has 2 aliphatic heterocycles. The molecule has 0 aromatic carbocycles. The van der Waals surface area contributed by atoms with Gasteiger partial charge in [0.25, 0.3) is 0 Å². The lowest BCUT2D eigenvalue weighted by molar-refractivity contribution is 0.110. The fourth-order valence-electron chi connectivity index (χ4n) is 3.30. The zero-order valence-corrected chi connectivity index (χ0v) is 11.1. The summed E-state index contributed by atoms with van der Waals surface area (Å²) in [5.74, 6) is 0. The van der Waals surface area contributed by atoms with Crippen molar-refractivity contribution in [2.75, 3.05) is 26.2 Å². The van der Waals surface area contributed by atoms with E-state index in [-0.39, 0.29) is 0 Å². The summed E-state index contributed by atoms with van der Waals surface area (Å²) in [4.78, 5) is 9.72. The first-order valence-corrected chi connectivity index (χ1v) is 7.28. The number of nitrogens with zero attached hydrogens (tertiary/aromatic N) is 3. The summed E-state index contributed by atoms with van der Waals surface area (Å²) < 4.78 is 0. The fraction of sp³-hybridized carbons (Fsp3) is 0.667. The van der Waals surface area contributed by atoms with E-state index in [1.54, 1.807) is 0 Å². The van der Waals surface area contributed by atoms with Crippen molar-refractivity contribution < 1.29 is 0 Å². The molecule has 1 atom stereocenters. The number of rotatable bonds is 3. The van der Waals surface area contributed by atoms with Crippen molar-refractivity contribution in [1.82, 2.24) is 14.8 Å². The van der Waals surface area contributed by atoms with Crippen LogP contribution in [0.5, 0.6) is 0 Å². The smallest absolute Gasteiger partial charge is 0.0543 e. The third-order valence-electron chi connectivity index (χ3n) is 4.25. The zero-order chi connectivity index (χ0) is 12.2. The maximum atomic E-state index is 4.44. The van der Waals surface area contributed by atoms with Crippen molar-refractivity contribution in [3.05, 3.63) is 30.1 Å². The van der Waals surface area contributed by atoms with Gasteiger partial charge in [0.2, 0.25) is 0 Å². The van der Waals surface area contributed by atoms with Gasteiger partial charge in [-0.15, -0.1) is 0 Å². The van der Waals surface area contributed by atoms with Gasteiger partial charge in [0.1, 0.15) is 0 Å². The summed E-state index contributed by atoms with van der Waals surface area (Å²) in [6, 6.07) is 7.01. The highest BCUT2D eigenvalue weighted by atomic mass is 15.2. The molecule has 0 N–H and O–H groups in total. The lowest BCUT2D eigenvalue weighted by Gasteiger charge is -2.37. The molecule has 3 heterocycles. The third-order valence-corrected chi connectivity index (χ3v) is 4.25. The van der Waals surface area contributed by atoms with Gasteiger partial charge in [-0.1, -0.05) is 6.07 Å². The van der Waals surface area contributed by atoms with Crippen molar-refractivity contribution >= 4 is 0 Å². The topological polar surface area (TPSA) is 19.4 Å². The number of aromatic nitrogens is 1. The van der Waals surface area contributed by atoms with Gasteiger partial charge in [0.15, 0.2) is 0 Å². The Bertz CT molecular complexity index is 359. The fourth-order valence-corrected chi connectivity index (χ4v) is 3.30. The molecule has 0 saturated carbocycles. The maximum Gasteiger partial charge on any atom is 0.0543 e. The Morgan fingerprint density at radius 3 is 2.78 bits per heavy atom. The Balaban J connectivity index is 1.56. The van der Waals surface area contributed by atoms with Gasteiger partial charge in [0, 0.05) is 25.3 Å². The molecule has 18 heavy (non-hydrogen) atoms. The minimum Gasteiger partial charge on any atom is -0.299 e. The molecule has 1 aromatic heterocycles. The van der Waals surface area contributed by atoms with Crippen LogP contribution in [-0.2, 0) is 6.54 Å². The molecule has 3 nitrogen and oxygen atoms in total. The summed E-state index contributed by atoms with van der Waals surface area (Å²) in [5, 5.41) is 0. The Morgan fingerprint density at radius 2 is 2.00 bits per heavy atom. The van der Waals surface area contributed by atoms with E-state index >= 15 is 0 Å². The summed E-state index contributed by atoms with van der Waals surface area (Å²) in [5.41, 5.74) is 1.21. The number of hydrogen-bond acceptors (Lipinski definition) is 3. The van der Waals surface area contributed by atoms with Gasteiger partial charge in [-0.25, -0.2) is 0 Å². The first kappa shape index (κ1) is 12.1. The van der Waals surface area contributed by atoms with Gasteiger partial charge in [-0.2, -0.15) is 0 Å². The van der Waals surface area contributed by atoms with Crippen LogP contribution in [0.25, 0.3) is 0 Å². The second-order valence-electron chi connectivity index (χ2n) is 5.60. The van der Waals surface area contributed by atoms with Crippen LogP contribution >= 0.6 is 0 Å². The number of pyridine rings is 1. The van der Waals surface area contributed by atoms with Gasteiger partial charge in [0.05, 0.1) is 5.69 Å². The van der Waals surface area contributed by atoms with Crippen LogP contribution < -0.4 is 0 Å². The first-order chi connectivity index (χ1) is 8.92. The average Bonchev–Trinajstić information content (AvgIpc) is 2.94. The highest BCUT2D eigenvalue weighted by Crippen LogP contribution is 2.21. The quantitative estimate of drug-likeness (QED) is 0.813. The van der Waals surface area contributed by atoms with Crippen LogP contribution in [0, 0.1) is 0 Å². The van der Waals surface area contributed by atoms with Crippen LogP contribution in [0.4, 0.5) is 0 Å². The van der Waals surface area contributed by atoms with Crippen molar-refractivity contribution in [2.24, 2.45) is 0 Å². The Kier molecular flexibility index (Phi) is 3.91. The lowest BCUT2D eigenvalue weighted by Crippen LogP contribution is -2.46. The lowest BCUT2D eigenvalue weighted by atomic mass is 10.0. The van der Waals surface area contributed by atoms with Crippen LogP contribution in [0.15, 0.2) is 24.4 Å². The van der Waals surface area contributed by atoms with Gasteiger partial charge >= 0.3 is 0 Å². The number of hydrogen-bond donors (Lipinski definition) is 0. The van der Waals surface area contributed by atoms with E-state index in [9.17, 15) is 0 Å². The largest absolute Gasteiger partial charge is 0.299 e. The van der Waals surface area contributed by atoms with E-state index in [1.165, 1.54) is 57.6 Å². The van der Waals surface area contributed by atoms with Crippen LogP contribution in [-0.4, -0.2) is 47.0 Å². The van der Waals surface area contributed by atoms with E-state index in [4.69, 9.17) is 0 Å². The minimum absolute atomic E-state index is 0.796.